The third-order valence-electron chi connectivity index (χ3n) is 3.09. The standard InChI is InChI=1S/C13H18ClN5OSi/c1-21(2,3)7-6-20-9-19-13-10(8-16-19)12(17-18-15)5-4-11(13)14/h4-5,8H,6-7,9H2,1-3H3. The van der Waals surface area contributed by atoms with E-state index in [9.17, 15) is 0 Å². The molecule has 8 heteroatoms. The van der Waals surface area contributed by atoms with Crippen molar-refractivity contribution in [1.82, 2.24) is 9.78 Å². The molecular weight excluding hydrogens is 306 g/mol. The fourth-order valence-electron chi connectivity index (χ4n) is 1.91. The van der Waals surface area contributed by atoms with Gasteiger partial charge in [0, 0.05) is 30.7 Å². The quantitative estimate of drug-likeness (QED) is 0.248. The number of ether oxygens (including phenoxy) is 1. The summed E-state index contributed by atoms with van der Waals surface area (Å²) < 4.78 is 7.38. The minimum Gasteiger partial charge on any atom is -0.360 e. The van der Waals surface area contributed by atoms with Gasteiger partial charge in [-0.05, 0) is 17.6 Å². The number of halogens is 1. The third kappa shape index (κ3) is 3.98. The molecular formula is C13H18ClN5OSi. The van der Waals surface area contributed by atoms with Crippen LogP contribution in [0, 0.1) is 0 Å². The van der Waals surface area contributed by atoms with E-state index in [-0.39, 0.29) is 0 Å². The molecule has 21 heavy (non-hydrogen) atoms. The van der Waals surface area contributed by atoms with Gasteiger partial charge in [-0.3, -0.25) is 0 Å². The predicted molar refractivity (Wildman–Crippen MR) is 87.7 cm³/mol. The maximum absolute atomic E-state index is 8.58. The fourth-order valence-corrected chi connectivity index (χ4v) is 2.93. The van der Waals surface area contributed by atoms with Gasteiger partial charge in [0.05, 0.1) is 16.7 Å². The molecule has 1 aromatic heterocycles. The summed E-state index contributed by atoms with van der Waals surface area (Å²) in [5, 5.41) is 9.21. The molecule has 0 bridgehead atoms. The first-order valence-corrected chi connectivity index (χ1v) is 10.8. The molecule has 0 N–H and O–H groups in total. The number of nitrogens with zero attached hydrogens (tertiary/aromatic N) is 5. The Hall–Kier alpha value is -1.53. The van der Waals surface area contributed by atoms with Crippen LogP contribution in [-0.4, -0.2) is 24.5 Å². The van der Waals surface area contributed by atoms with E-state index >= 15 is 0 Å². The van der Waals surface area contributed by atoms with Crippen LogP contribution in [0.1, 0.15) is 0 Å². The van der Waals surface area contributed by atoms with Crippen molar-refractivity contribution in [2.45, 2.75) is 32.4 Å². The number of fused-ring (bicyclic) bond motifs is 1. The van der Waals surface area contributed by atoms with Crippen molar-refractivity contribution in [2.75, 3.05) is 6.61 Å². The molecule has 6 nitrogen and oxygen atoms in total. The molecule has 0 aliphatic heterocycles. The Balaban J connectivity index is 2.18. The first-order valence-electron chi connectivity index (χ1n) is 6.69. The molecule has 0 unspecified atom stereocenters. The molecule has 0 saturated heterocycles. The highest BCUT2D eigenvalue weighted by Gasteiger charge is 2.13. The molecule has 0 fully saturated rings. The van der Waals surface area contributed by atoms with E-state index in [4.69, 9.17) is 21.9 Å². The van der Waals surface area contributed by atoms with Crippen LogP contribution in [0.5, 0.6) is 0 Å². The van der Waals surface area contributed by atoms with E-state index in [0.29, 0.717) is 24.0 Å². The lowest BCUT2D eigenvalue weighted by Crippen LogP contribution is -2.22. The number of azide groups is 1. The lowest BCUT2D eigenvalue weighted by atomic mass is 10.2. The summed E-state index contributed by atoms with van der Waals surface area (Å²) >= 11 is 6.22. The number of hydrogen-bond acceptors (Lipinski definition) is 3. The zero-order valence-electron chi connectivity index (χ0n) is 12.4. The average molecular weight is 324 g/mol. The van der Waals surface area contributed by atoms with E-state index in [0.717, 1.165) is 16.9 Å². The second kappa shape index (κ2) is 6.49. The highest BCUT2D eigenvalue weighted by Crippen LogP contribution is 2.31. The van der Waals surface area contributed by atoms with Crippen molar-refractivity contribution in [1.29, 1.82) is 0 Å². The predicted octanol–water partition coefficient (Wildman–Crippen LogP) is 4.94. The second-order valence-corrected chi connectivity index (χ2v) is 12.0. The molecule has 0 radical (unpaired) electrons. The van der Waals surface area contributed by atoms with E-state index in [1.54, 1.807) is 23.0 Å². The molecule has 0 aliphatic carbocycles. The molecule has 1 aromatic carbocycles. The lowest BCUT2D eigenvalue weighted by molar-refractivity contribution is 0.0817. The van der Waals surface area contributed by atoms with Crippen LogP contribution >= 0.6 is 11.6 Å². The number of benzene rings is 1. The molecule has 2 aromatic rings. The van der Waals surface area contributed by atoms with Gasteiger partial charge in [-0.15, -0.1) is 0 Å². The maximum Gasteiger partial charge on any atom is 0.140 e. The number of aromatic nitrogens is 2. The van der Waals surface area contributed by atoms with Gasteiger partial charge in [0.15, 0.2) is 0 Å². The van der Waals surface area contributed by atoms with Crippen LogP contribution in [0.2, 0.25) is 30.7 Å². The van der Waals surface area contributed by atoms with Crippen molar-refractivity contribution in [3.8, 4) is 0 Å². The Morgan fingerprint density at radius 2 is 2.19 bits per heavy atom. The molecule has 0 saturated carbocycles. The van der Waals surface area contributed by atoms with Crippen LogP contribution in [-0.2, 0) is 11.5 Å². The highest BCUT2D eigenvalue weighted by atomic mass is 35.5. The lowest BCUT2D eigenvalue weighted by Gasteiger charge is -2.15. The summed E-state index contributed by atoms with van der Waals surface area (Å²) in [6.07, 6.45) is 1.65. The Morgan fingerprint density at radius 1 is 1.43 bits per heavy atom. The second-order valence-electron chi connectivity index (χ2n) is 6.01. The van der Waals surface area contributed by atoms with Crippen molar-refractivity contribution in [3.63, 3.8) is 0 Å². The van der Waals surface area contributed by atoms with E-state index in [2.05, 4.69) is 34.8 Å². The largest absolute Gasteiger partial charge is 0.360 e. The normalized spacial score (nSPS) is 11.6. The molecule has 112 valence electrons. The Morgan fingerprint density at radius 3 is 2.86 bits per heavy atom. The van der Waals surface area contributed by atoms with E-state index < -0.39 is 8.07 Å². The highest BCUT2D eigenvalue weighted by molar-refractivity contribution is 6.76. The van der Waals surface area contributed by atoms with Crippen LogP contribution < -0.4 is 0 Å². The summed E-state index contributed by atoms with van der Waals surface area (Å²) in [7, 11) is -1.10. The van der Waals surface area contributed by atoms with Gasteiger partial charge in [0.2, 0.25) is 0 Å². The van der Waals surface area contributed by atoms with E-state index in [1.165, 1.54) is 0 Å². The Bertz CT molecular complexity index is 688. The summed E-state index contributed by atoms with van der Waals surface area (Å²) in [5.41, 5.74) is 9.83. The van der Waals surface area contributed by atoms with Crippen molar-refractivity contribution >= 4 is 36.3 Å². The van der Waals surface area contributed by atoms with Crippen molar-refractivity contribution in [3.05, 3.63) is 33.8 Å². The van der Waals surface area contributed by atoms with E-state index in [1.807, 2.05) is 0 Å². The van der Waals surface area contributed by atoms with Crippen molar-refractivity contribution in [2.24, 2.45) is 5.11 Å². The zero-order valence-corrected chi connectivity index (χ0v) is 14.1. The van der Waals surface area contributed by atoms with Crippen LogP contribution in [0.3, 0.4) is 0 Å². The number of rotatable bonds is 6. The first-order chi connectivity index (χ1) is 9.92. The van der Waals surface area contributed by atoms with Gasteiger partial charge in [0.1, 0.15) is 6.73 Å². The SMILES string of the molecule is C[Si](C)(C)CCOCn1ncc2c(N=[N+]=[N-])ccc(Cl)c21. The first kappa shape index (κ1) is 15.8. The summed E-state index contributed by atoms with van der Waals surface area (Å²) in [5.74, 6) is 0. The smallest absolute Gasteiger partial charge is 0.140 e. The topological polar surface area (TPSA) is 75.8 Å². The zero-order chi connectivity index (χ0) is 15.5. The molecule has 1 heterocycles. The van der Waals surface area contributed by atoms with Crippen LogP contribution in [0.15, 0.2) is 23.4 Å². The molecule has 0 spiro atoms. The van der Waals surface area contributed by atoms with Gasteiger partial charge in [0.25, 0.3) is 0 Å². The van der Waals surface area contributed by atoms with Gasteiger partial charge < -0.3 is 4.74 Å². The molecule has 0 aliphatic rings. The van der Waals surface area contributed by atoms with Crippen molar-refractivity contribution < 1.29 is 4.74 Å². The Kier molecular flexibility index (Phi) is 4.90. The molecule has 0 atom stereocenters. The van der Waals surface area contributed by atoms with Gasteiger partial charge in [-0.1, -0.05) is 42.4 Å². The third-order valence-corrected chi connectivity index (χ3v) is 5.10. The van der Waals surface area contributed by atoms with Crippen LogP contribution in [0.4, 0.5) is 5.69 Å². The molecule has 0 amide bonds. The maximum atomic E-state index is 8.58. The average Bonchev–Trinajstić information content (AvgIpc) is 2.82. The fraction of sp³-hybridized carbons (Fsp3) is 0.462. The minimum atomic E-state index is -1.10. The summed E-state index contributed by atoms with van der Waals surface area (Å²) in [6.45, 7) is 7.98. The number of hydrogen-bond donors (Lipinski definition) is 0. The van der Waals surface area contributed by atoms with Gasteiger partial charge in [-0.25, -0.2) is 4.68 Å². The van der Waals surface area contributed by atoms with Gasteiger partial charge in [-0.2, -0.15) is 5.10 Å². The van der Waals surface area contributed by atoms with Crippen LogP contribution in [0.25, 0.3) is 21.3 Å². The monoisotopic (exact) mass is 323 g/mol. The summed E-state index contributed by atoms with van der Waals surface area (Å²) in [4.78, 5) is 2.82. The Labute approximate surface area is 129 Å². The summed E-state index contributed by atoms with van der Waals surface area (Å²) in [6, 6.07) is 4.49. The minimum absolute atomic E-state index is 0.341. The van der Waals surface area contributed by atoms with Gasteiger partial charge >= 0.3 is 0 Å². The molecule has 2 rings (SSSR count).